The van der Waals surface area contributed by atoms with Crippen LogP contribution in [0.2, 0.25) is 0 Å². The van der Waals surface area contributed by atoms with E-state index in [1.807, 2.05) is 0 Å². The van der Waals surface area contributed by atoms with E-state index in [1.165, 1.54) is 18.2 Å². The van der Waals surface area contributed by atoms with Crippen molar-refractivity contribution in [3.8, 4) is 0 Å². The van der Waals surface area contributed by atoms with Crippen LogP contribution in [0.4, 0.5) is 4.39 Å². The maximum absolute atomic E-state index is 12.8. The summed E-state index contributed by atoms with van der Waals surface area (Å²) in [6.45, 7) is 3.55. The summed E-state index contributed by atoms with van der Waals surface area (Å²) in [4.78, 5) is 18.7. The first-order valence-corrected chi connectivity index (χ1v) is 6.71. The van der Waals surface area contributed by atoms with Crippen LogP contribution in [-0.4, -0.2) is 16.5 Å². The number of hydrogen-bond donors (Lipinski definition) is 2. The van der Waals surface area contributed by atoms with Crippen LogP contribution in [0.15, 0.2) is 35.1 Å². The second-order valence-electron chi connectivity index (χ2n) is 4.66. The molecule has 4 nitrogen and oxygen atoms in total. The number of benzene rings is 1. The molecule has 0 aliphatic rings. The van der Waals surface area contributed by atoms with E-state index < -0.39 is 0 Å². The Bertz CT molecular complexity index is 607. The molecule has 106 valence electrons. The van der Waals surface area contributed by atoms with Crippen LogP contribution in [0.25, 0.3) is 0 Å². The molecule has 0 bridgehead atoms. The zero-order valence-corrected chi connectivity index (χ0v) is 11.4. The summed E-state index contributed by atoms with van der Waals surface area (Å²) in [5.41, 5.74) is 1.47. The molecular weight excluding hydrogens is 257 g/mol. The molecule has 0 unspecified atom stereocenters. The Morgan fingerprint density at radius 2 is 2.05 bits per heavy atom. The molecule has 0 saturated carbocycles. The van der Waals surface area contributed by atoms with Gasteiger partial charge in [-0.05, 0) is 30.7 Å². The fourth-order valence-electron chi connectivity index (χ4n) is 1.93. The van der Waals surface area contributed by atoms with Gasteiger partial charge in [0.25, 0.3) is 5.56 Å². The molecule has 2 aromatic rings. The zero-order chi connectivity index (χ0) is 14.4. The monoisotopic (exact) mass is 275 g/mol. The Labute approximate surface area is 117 Å². The minimum Gasteiger partial charge on any atom is -0.311 e. The first-order chi connectivity index (χ1) is 9.67. The molecule has 1 heterocycles. The maximum Gasteiger partial charge on any atom is 0.251 e. The van der Waals surface area contributed by atoms with E-state index in [1.54, 1.807) is 12.1 Å². The highest BCUT2D eigenvalue weighted by Crippen LogP contribution is 2.06. The van der Waals surface area contributed by atoms with Gasteiger partial charge in [0.15, 0.2) is 0 Å². The van der Waals surface area contributed by atoms with Crippen molar-refractivity contribution in [1.29, 1.82) is 0 Å². The van der Waals surface area contributed by atoms with Gasteiger partial charge in [0, 0.05) is 19.0 Å². The van der Waals surface area contributed by atoms with Crippen LogP contribution >= 0.6 is 0 Å². The van der Waals surface area contributed by atoms with Crippen molar-refractivity contribution in [2.24, 2.45) is 0 Å². The number of aromatic nitrogens is 2. The number of rotatable bonds is 6. The van der Waals surface area contributed by atoms with Crippen molar-refractivity contribution in [3.05, 3.63) is 63.6 Å². The van der Waals surface area contributed by atoms with Crippen molar-refractivity contribution < 1.29 is 4.39 Å². The van der Waals surface area contributed by atoms with Crippen molar-refractivity contribution in [2.75, 3.05) is 6.54 Å². The third-order valence-corrected chi connectivity index (χ3v) is 2.86. The third-order valence-electron chi connectivity index (χ3n) is 2.86. The van der Waals surface area contributed by atoms with Gasteiger partial charge in [-0.3, -0.25) is 4.79 Å². The topological polar surface area (TPSA) is 57.8 Å². The molecule has 5 heteroatoms. The highest BCUT2D eigenvalue weighted by atomic mass is 19.1. The van der Waals surface area contributed by atoms with E-state index in [0.29, 0.717) is 18.8 Å². The Kier molecular flexibility index (Phi) is 5.01. The number of aromatic amines is 1. The van der Waals surface area contributed by atoms with E-state index in [9.17, 15) is 9.18 Å². The zero-order valence-electron chi connectivity index (χ0n) is 11.4. The van der Waals surface area contributed by atoms with E-state index >= 15 is 0 Å². The van der Waals surface area contributed by atoms with Gasteiger partial charge in [-0.15, -0.1) is 0 Å². The molecule has 0 aliphatic carbocycles. The summed E-state index contributed by atoms with van der Waals surface area (Å²) >= 11 is 0. The maximum atomic E-state index is 12.8. The van der Waals surface area contributed by atoms with Crippen LogP contribution in [-0.2, 0) is 13.0 Å². The predicted octanol–water partition coefficient (Wildman–Crippen LogP) is 2.00. The van der Waals surface area contributed by atoms with Crippen LogP contribution in [0, 0.1) is 5.82 Å². The average Bonchev–Trinajstić information content (AvgIpc) is 2.41. The number of nitrogens with one attached hydrogen (secondary N) is 2. The minimum atomic E-state index is -0.271. The summed E-state index contributed by atoms with van der Waals surface area (Å²) in [6.07, 6.45) is 1.52. The number of nitrogens with zero attached hydrogens (tertiary/aromatic N) is 1. The summed E-state index contributed by atoms with van der Waals surface area (Å²) in [5, 5.41) is 3.21. The Balaban J connectivity index is 2.11. The average molecular weight is 275 g/mol. The fourth-order valence-corrected chi connectivity index (χ4v) is 1.93. The molecule has 20 heavy (non-hydrogen) atoms. The van der Waals surface area contributed by atoms with Crippen LogP contribution in [0.1, 0.15) is 30.4 Å². The quantitative estimate of drug-likeness (QED) is 0.793. The molecule has 0 aliphatic heterocycles. The van der Waals surface area contributed by atoms with E-state index in [-0.39, 0.29) is 11.4 Å². The molecule has 1 aromatic carbocycles. The first-order valence-electron chi connectivity index (χ1n) is 6.71. The molecule has 2 rings (SSSR count). The Morgan fingerprint density at radius 3 is 2.75 bits per heavy atom. The molecule has 0 radical (unpaired) electrons. The molecule has 1 aromatic heterocycles. The molecular formula is C15H18FN3O. The van der Waals surface area contributed by atoms with Gasteiger partial charge in [0.1, 0.15) is 11.6 Å². The van der Waals surface area contributed by atoms with Gasteiger partial charge in [-0.2, -0.15) is 0 Å². The third kappa shape index (κ3) is 4.28. The van der Waals surface area contributed by atoms with E-state index in [2.05, 4.69) is 22.2 Å². The minimum absolute atomic E-state index is 0.162. The lowest BCUT2D eigenvalue weighted by atomic mass is 10.1. The SMILES string of the molecule is CCCNCc1cc(=O)[nH]c(Cc2ccc(F)cc2)n1. The fraction of sp³-hybridized carbons (Fsp3) is 0.333. The molecule has 0 fully saturated rings. The van der Waals surface area contributed by atoms with Crippen molar-refractivity contribution in [1.82, 2.24) is 15.3 Å². The predicted molar refractivity (Wildman–Crippen MR) is 76.1 cm³/mol. The second kappa shape index (κ2) is 6.96. The van der Waals surface area contributed by atoms with Crippen molar-refractivity contribution in [3.63, 3.8) is 0 Å². The van der Waals surface area contributed by atoms with Gasteiger partial charge >= 0.3 is 0 Å². The van der Waals surface area contributed by atoms with Gasteiger partial charge < -0.3 is 10.3 Å². The molecule has 0 saturated heterocycles. The molecule has 0 atom stereocenters. The molecule has 0 amide bonds. The Hall–Kier alpha value is -2.01. The van der Waals surface area contributed by atoms with Crippen molar-refractivity contribution in [2.45, 2.75) is 26.3 Å². The van der Waals surface area contributed by atoms with Gasteiger partial charge in [-0.1, -0.05) is 19.1 Å². The normalized spacial score (nSPS) is 10.7. The van der Waals surface area contributed by atoms with Gasteiger partial charge in [0.05, 0.1) is 5.69 Å². The van der Waals surface area contributed by atoms with E-state index in [4.69, 9.17) is 0 Å². The van der Waals surface area contributed by atoms with Gasteiger partial charge in [-0.25, -0.2) is 9.37 Å². The lowest BCUT2D eigenvalue weighted by molar-refractivity contribution is 0.627. The van der Waals surface area contributed by atoms with E-state index in [0.717, 1.165) is 24.2 Å². The number of H-pyrrole nitrogens is 1. The summed E-state index contributed by atoms with van der Waals surface area (Å²) < 4.78 is 12.8. The highest BCUT2D eigenvalue weighted by Gasteiger charge is 2.03. The smallest absolute Gasteiger partial charge is 0.251 e. The second-order valence-corrected chi connectivity index (χ2v) is 4.66. The largest absolute Gasteiger partial charge is 0.311 e. The summed E-state index contributed by atoms with van der Waals surface area (Å²) in [7, 11) is 0. The number of hydrogen-bond acceptors (Lipinski definition) is 3. The summed E-state index contributed by atoms with van der Waals surface area (Å²) in [5.74, 6) is 0.324. The summed E-state index contributed by atoms with van der Waals surface area (Å²) in [6, 6.07) is 7.69. The lowest BCUT2D eigenvalue weighted by Gasteiger charge is -2.05. The standard InChI is InChI=1S/C15H18FN3O/c1-2-7-17-10-13-9-15(20)19-14(18-13)8-11-3-5-12(16)6-4-11/h3-6,9,17H,2,7-8,10H2,1H3,(H,18,19,20). The Morgan fingerprint density at radius 1 is 1.30 bits per heavy atom. The molecule has 2 N–H and O–H groups in total. The number of halogens is 1. The van der Waals surface area contributed by atoms with Crippen LogP contribution in [0.5, 0.6) is 0 Å². The first kappa shape index (κ1) is 14.4. The molecule has 0 spiro atoms. The highest BCUT2D eigenvalue weighted by molar-refractivity contribution is 5.20. The lowest BCUT2D eigenvalue weighted by Crippen LogP contribution is -2.19. The van der Waals surface area contributed by atoms with Crippen LogP contribution < -0.4 is 10.9 Å². The van der Waals surface area contributed by atoms with Crippen LogP contribution in [0.3, 0.4) is 0 Å². The van der Waals surface area contributed by atoms with Crippen molar-refractivity contribution >= 4 is 0 Å². The van der Waals surface area contributed by atoms with Gasteiger partial charge in [0.2, 0.25) is 0 Å².